The summed E-state index contributed by atoms with van der Waals surface area (Å²) in [5.41, 5.74) is 0. The normalized spacial score (nSPS) is 14.1. The molecule has 0 spiro atoms. The first-order chi connectivity index (χ1) is 11.7. The molecule has 0 fully saturated rings. The van der Waals surface area contributed by atoms with Crippen molar-refractivity contribution in [3.8, 4) is 0 Å². The summed E-state index contributed by atoms with van der Waals surface area (Å²) in [5, 5.41) is 19.0. The van der Waals surface area contributed by atoms with E-state index in [9.17, 15) is 9.90 Å². The van der Waals surface area contributed by atoms with E-state index in [-0.39, 0.29) is 6.42 Å². The van der Waals surface area contributed by atoms with E-state index in [2.05, 4.69) is 48.3 Å². The first-order valence-corrected chi connectivity index (χ1v) is 8.49. The molecule has 4 nitrogen and oxygen atoms in total. The van der Waals surface area contributed by atoms with Gasteiger partial charge in [0, 0.05) is 5.97 Å². The molecule has 0 amide bonds. The topological polar surface area (TPSA) is 69.6 Å². The predicted octanol–water partition coefficient (Wildman–Crippen LogP) is 4.13. The molecule has 0 rings (SSSR count). The number of allylic oxidation sites excluding steroid dienone is 9. The molecule has 0 heterocycles. The van der Waals surface area contributed by atoms with Gasteiger partial charge in [0.2, 0.25) is 0 Å². The van der Waals surface area contributed by atoms with E-state index in [4.69, 9.17) is 5.26 Å². The zero-order chi connectivity index (χ0) is 17.9. The number of aliphatic carboxylic acids is 1. The number of carboxylic acid groups (broad SMARTS) is 1. The largest absolute Gasteiger partial charge is 0.550 e. The molecule has 0 aliphatic carbocycles. The highest BCUT2D eigenvalue weighted by Gasteiger charge is 2.03. The van der Waals surface area contributed by atoms with Crippen molar-refractivity contribution < 1.29 is 20.0 Å². The Bertz CT molecular complexity index is 445. The highest BCUT2D eigenvalue weighted by Crippen LogP contribution is 2.05. The maximum absolute atomic E-state index is 10.3. The summed E-state index contributed by atoms with van der Waals surface area (Å²) in [6, 6.07) is 0. The minimum absolute atomic E-state index is 0.0301. The zero-order valence-corrected chi connectivity index (χ0v) is 14.5. The van der Waals surface area contributed by atoms with E-state index in [0.29, 0.717) is 12.8 Å². The van der Waals surface area contributed by atoms with Gasteiger partial charge in [-0.15, -0.1) is 0 Å². The van der Waals surface area contributed by atoms with Crippen LogP contribution in [0.2, 0.25) is 0 Å². The molecule has 134 valence electrons. The Balaban J connectivity index is 3.79. The van der Waals surface area contributed by atoms with Gasteiger partial charge in [-0.2, -0.15) is 0 Å². The maximum atomic E-state index is 10.3. The highest BCUT2D eigenvalue weighted by molar-refractivity contribution is 5.64. The number of hydrogen-bond donors (Lipinski definition) is 1. The van der Waals surface area contributed by atoms with Crippen LogP contribution in [-0.4, -0.2) is 17.3 Å². The molecule has 0 saturated carbocycles. The first kappa shape index (κ1) is 22.1. The second-order valence-corrected chi connectivity index (χ2v) is 5.25. The molecule has 0 radical (unpaired) electrons. The van der Waals surface area contributed by atoms with Gasteiger partial charge in [0.15, 0.2) is 0 Å². The summed E-state index contributed by atoms with van der Waals surface area (Å²) in [6.07, 6.45) is 24.4. The molecule has 0 aliphatic heterocycles. The summed E-state index contributed by atoms with van der Waals surface area (Å²) in [6.45, 7) is 2.12. The first-order valence-electron chi connectivity index (χ1n) is 8.49. The fourth-order valence-corrected chi connectivity index (χ4v) is 1.86. The lowest BCUT2D eigenvalue weighted by Crippen LogP contribution is -2.22. The average molecular weight is 333 g/mol. The van der Waals surface area contributed by atoms with Gasteiger partial charge in [-0.25, -0.2) is 4.89 Å². The summed E-state index contributed by atoms with van der Waals surface area (Å²) < 4.78 is 0. The van der Waals surface area contributed by atoms with Crippen molar-refractivity contribution in [2.75, 3.05) is 0 Å². The molecule has 0 aromatic carbocycles. The molecule has 1 N–H and O–H groups in total. The summed E-state index contributed by atoms with van der Waals surface area (Å²) in [7, 11) is 0. The van der Waals surface area contributed by atoms with Crippen molar-refractivity contribution >= 4 is 5.97 Å². The summed E-state index contributed by atoms with van der Waals surface area (Å²) in [5.74, 6) is -1.09. The van der Waals surface area contributed by atoms with Gasteiger partial charge in [0.05, 0.1) is 0 Å². The Kier molecular flexibility index (Phi) is 16.1. The van der Waals surface area contributed by atoms with Gasteiger partial charge in [-0.1, -0.05) is 67.7 Å². The lowest BCUT2D eigenvalue weighted by atomic mass is 10.1. The highest BCUT2D eigenvalue weighted by atomic mass is 17.1. The van der Waals surface area contributed by atoms with Gasteiger partial charge in [0.25, 0.3) is 0 Å². The van der Waals surface area contributed by atoms with E-state index >= 15 is 0 Å². The van der Waals surface area contributed by atoms with Gasteiger partial charge in [-0.3, -0.25) is 5.26 Å². The lowest BCUT2D eigenvalue weighted by molar-refractivity contribution is -0.306. The van der Waals surface area contributed by atoms with Crippen LogP contribution in [0.1, 0.15) is 51.9 Å². The number of carbonyl (C=O) groups is 1. The zero-order valence-electron chi connectivity index (χ0n) is 14.5. The van der Waals surface area contributed by atoms with Gasteiger partial charge in [0.1, 0.15) is 6.10 Å². The molecule has 1 atom stereocenters. The lowest BCUT2D eigenvalue weighted by Gasteiger charge is -2.08. The van der Waals surface area contributed by atoms with Crippen molar-refractivity contribution in [3.63, 3.8) is 0 Å². The quantitative estimate of drug-likeness (QED) is 0.225. The van der Waals surface area contributed by atoms with E-state index in [1.807, 2.05) is 12.2 Å². The van der Waals surface area contributed by atoms with Gasteiger partial charge < -0.3 is 9.90 Å². The molecule has 0 saturated heterocycles. The van der Waals surface area contributed by atoms with Gasteiger partial charge in [-0.05, 0) is 44.9 Å². The standard InChI is InChI=1S/C20H30O4/c1-2-3-4-5-6-7-8-9-10-11-12-13-14-16-19(24-23)17-15-18-20(21)22/h3-4,6-7,9-10,12-14,16,19,23H,2,5,8,11,15,17-18H2,1H3,(H,21,22)/p-1/b4-3-,7-6-,10-9-,13-12-,16-14+. The van der Waals surface area contributed by atoms with Crippen molar-refractivity contribution in [2.45, 2.75) is 58.0 Å². The summed E-state index contributed by atoms with van der Waals surface area (Å²) in [4.78, 5) is 14.6. The Morgan fingerprint density at radius 1 is 1.00 bits per heavy atom. The fourth-order valence-electron chi connectivity index (χ4n) is 1.86. The molecule has 0 bridgehead atoms. The molecule has 0 aromatic heterocycles. The molecular formula is C20H29O4-. The van der Waals surface area contributed by atoms with Crippen LogP contribution < -0.4 is 5.11 Å². The molecule has 0 aliphatic rings. The molecule has 0 aromatic rings. The smallest absolute Gasteiger partial charge is 0.111 e. The Hall–Kier alpha value is -1.91. The number of hydrogen-bond acceptors (Lipinski definition) is 4. The van der Waals surface area contributed by atoms with E-state index in [0.717, 1.165) is 25.7 Å². The van der Waals surface area contributed by atoms with Crippen LogP contribution in [0.25, 0.3) is 0 Å². The predicted molar refractivity (Wildman–Crippen MR) is 96.2 cm³/mol. The minimum Gasteiger partial charge on any atom is -0.550 e. The van der Waals surface area contributed by atoms with Crippen molar-refractivity contribution in [3.05, 3.63) is 60.8 Å². The Morgan fingerprint density at radius 2 is 1.58 bits per heavy atom. The third-order valence-corrected chi connectivity index (χ3v) is 3.13. The second-order valence-electron chi connectivity index (χ2n) is 5.25. The van der Waals surface area contributed by atoms with Crippen LogP contribution in [0.15, 0.2) is 60.8 Å². The average Bonchev–Trinajstić information content (AvgIpc) is 2.57. The summed E-state index contributed by atoms with van der Waals surface area (Å²) >= 11 is 0. The number of carbonyl (C=O) groups excluding carboxylic acids is 1. The third-order valence-electron chi connectivity index (χ3n) is 3.13. The number of carboxylic acids is 1. The van der Waals surface area contributed by atoms with Crippen LogP contribution in [0.3, 0.4) is 0 Å². The van der Waals surface area contributed by atoms with Crippen LogP contribution in [0.4, 0.5) is 0 Å². The third kappa shape index (κ3) is 16.5. The van der Waals surface area contributed by atoms with Crippen LogP contribution in [-0.2, 0) is 9.68 Å². The van der Waals surface area contributed by atoms with Crippen LogP contribution in [0, 0.1) is 0 Å². The Labute approximate surface area is 145 Å². The Morgan fingerprint density at radius 3 is 2.12 bits per heavy atom. The van der Waals surface area contributed by atoms with E-state index in [1.54, 1.807) is 12.2 Å². The monoisotopic (exact) mass is 333 g/mol. The minimum atomic E-state index is -1.09. The van der Waals surface area contributed by atoms with Crippen molar-refractivity contribution in [2.24, 2.45) is 0 Å². The fraction of sp³-hybridized carbons (Fsp3) is 0.450. The second kappa shape index (κ2) is 17.4. The number of rotatable bonds is 14. The molecule has 24 heavy (non-hydrogen) atoms. The van der Waals surface area contributed by atoms with E-state index in [1.165, 1.54) is 0 Å². The SMILES string of the molecule is CC/C=C\C/C=C\C/C=C\C/C=C\C=C\C(CCCC(=O)[O-])OO. The molecule has 1 unspecified atom stereocenters. The van der Waals surface area contributed by atoms with Crippen LogP contribution in [0.5, 0.6) is 0 Å². The van der Waals surface area contributed by atoms with Crippen molar-refractivity contribution in [1.82, 2.24) is 0 Å². The van der Waals surface area contributed by atoms with Crippen molar-refractivity contribution in [1.29, 1.82) is 0 Å². The van der Waals surface area contributed by atoms with Gasteiger partial charge >= 0.3 is 0 Å². The van der Waals surface area contributed by atoms with Crippen LogP contribution >= 0.6 is 0 Å². The van der Waals surface area contributed by atoms with E-state index < -0.39 is 12.1 Å². The maximum Gasteiger partial charge on any atom is 0.111 e. The molecule has 4 heteroatoms. The molecular weight excluding hydrogens is 304 g/mol.